The molecule has 0 saturated carbocycles. The first kappa shape index (κ1) is 26.4. The predicted octanol–water partition coefficient (Wildman–Crippen LogP) is 4.54. The number of hydrazine groups is 1. The van der Waals surface area contributed by atoms with E-state index in [0.717, 1.165) is 16.7 Å². The SMILES string of the molecule is O=C(NNCc1ccc(Cl)cc1)[C@]1(C/C=C/c2ccccc2)COC(c2ccc(OCCCO)cc2)=N1. The Morgan fingerprint density at radius 1 is 1.08 bits per heavy atom. The van der Waals surface area contributed by atoms with E-state index in [-0.39, 0.29) is 19.1 Å². The van der Waals surface area contributed by atoms with Crippen LogP contribution in [0.1, 0.15) is 29.5 Å². The largest absolute Gasteiger partial charge is 0.494 e. The van der Waals surface area contributed by atoms with Crippen LogP contribution in [0, 0.1) is 0 Å². The van der Waals surface area contributed by atoms with Crippen LogP contribution in [0.2, 0.25) is 5.02 Å². The first-order valence-corrected chi connectivity index (χ1v) is 12.5. The Morgan fingerprint density at radius 2 is 1.84 bits per heavy atom. The fraction of sp³-hybridized carbons (Fsp3) is 0.241. The third kappa shape index (κ3) is 7.43. The maximum absolute atomic E-state index is 13.4. The molecule has 3 aromatic carbocycles. The van der Waals surface area contributed by atoms with Crippen LogP contribution in [0.3, 0.4) is 0 Å². The van der Waals surface area contributed by atoms with Gasteiger partial charge in [0.2, 0.25) is 5.90 Å². The van der Waals surface area contributed by atoms with Gasteiger partial charge in [0, 0.05) is 36.6 Å². The Morgan fingerprint density at radius 3 is 2.57 bits per heavy atom. The van der Waals surface area contributed by atoms with Gasteiger partial charge < -0.3 is 14.6 Å². The highest BCUT2D eigenvalue weighted by Crippen LogP contribution is 2.27. The summed E-state index contributed by atoms with van der Waals surface area (Å²) in [5, 5.41) is 9.57. The van der Waals surface area contributed by atoms with Crippen molar-refractivity contribution in [3.63, 3.8) is 0 Å². The molecule has 3 N–H and O–H groups in total. The van der Waals surface area contributed by atoms with Crippen LogP contribution < -0.4 is 15.6 Å². The Bertz CT molecular complexity index is 1210. The predicted molar refractivity (Wildman–Crippen MR) is 145 cm³/mol. The minimum atomic E-state index is -1.12. The summed E-state index contributed by atoms with van der Waals surface area (Å²) in [7, 11) is 0. The third-order valence-corrected chi connectivity index (χ3v) is 6.08. The molecule has 0 fully saturated rings. The van der Waals surface area contributed by atoms with E-state index in [1.54, 1.807) is 12.1 Å². The molecule has 192 valence electrons. The molecule has 3 aromatic rings. The highest BCUT2D eigenvalue weighted by molar-refractivity contribution is 6.30. The van der Waals surface area contributed by atoms with Crippen LogP contribution in [-0.4, -0.2) is 42.3 Å². The smallest absolute Gasteiger partial charge is 0.266 e. The first-order valence-electron chi connectivity index (χ1n) is 12.1. The maximum atomic E-state index is 13.4. The summed E-state index contributed by atoms with van der Waals surface area (Å²) in [6.45, 7) is 1.08. The average Bonchev–Trinajstić information content (AvgIpc) is 3.36. The second-order valence-corrected chi connectivity index (χ2v) is 9.07. The molecule has 0 spiro atoms. The Balaban J connectivity index is 1.47. The van der Waals surface area contributed by atoms with E-state index in [1.807, 2.05) is 78.9 Å². The second kappa shape index (κ2) is 13.1. The third-order valence-electron chi connectivity index (χ3n) is 5.83. The van der Waals surface area contributed by atoms with E-state index in [2.05, 4.69) is 10.9 Å². The number of aliphatic hydroxyl groups is 1. The molecule has 1 atom stereocenters. The number of nitrogens with one attached hydrogen (secondary N) is 2. The van der Waals surface area contributed by atoms with Gasteiger partial charge in [-0.25, -0.2) is 10.4 Å². The van der Waals surface area contributed by atoms with Crippen molar-refractivity contribution in [3.8, 4) is 5.75 Å². The lowest BCUT2D eigenvalue weighted by Gasteiger charge is -2.22. The first-order chi connectivity index (χ1) is 18.1. The molecule has 0 unspecified atom stereocenters. The van der Waals surface area contributed by atoms with Gasteiger partial charge in [-0.3, -0.25) is 10.2 Å². The zero-order valence-corrected chi connectivity index (χ0v) is 21.2. The number of carbonyl (C=O) groups is 1. The fourth-order valence-electron chi connectivity index (χ4n) is 3.76. The van der Waals surface area contributed by atoms with Crippen LogP contribution >= 0.6 is 11.6 Å². The Labute approximate surface area is 221 Å². The van der Waals surface area contributed by atoms with Crippen LogP contribution in [0.15, 0.2) is 89.9 Å². The van der Waals surface area contributed by atoms with Gasteiger partial charge in [0.1, 0.15) is 12.4 Å². The number of hydrogen-bond donors (Lipinski definition) is 3. The van der Waals surface area contributed by atoms with Gasteiger partial charge in [0.25, 0.3) is 5.91 Å². The van der Waals surface area contributed by atoms with E-state index in [9.17, 15) is 4.79 Å². The minimum Gasteiger partial charge on any atom is -0.494 e. The molecule has 1 amide bonds. The lowest BCUT2D eigenvalue weighted by atomic mass is 9.95. The number of amides is 1. The maximum Gasteiger partial charge on any atom is 0.266 e. The van der Waals surface area contributed by atoms with E-state index in [1.165, 1.54) is 0 Å². The van der Waals surface area contributed by atoms with Crippen molar-refractivity contribution in [2.75, 3.05) is 19.8 Å². The zero-order valence-electron chi connectivity index (χ0n) is 20.4. The van der Waals surface area contributed by atoms with Crippen molar-refractivity contribution in [1.29, 1.82) is 0 Å². The normalized spacial score (nSPS) is 16.9. The van der Waals surface area contributed by atoms with Gasteiger partial charge in [-0.2, -0.15) is 0 Å². The van der Waals surface area contributed by atoms with Crippen LogP contribution in [0.25, 0.3) is 6.08 Å². The summed E-state index contributed by atoms with van der Waals surface area (Å²) in [6.07, 6.45) is 4.85. The molecule has 7 nitrogen and oxygen atoms in total. The monoisotopic (exact) mass is 519 g/mol. The molecule has 4 rings (SSSR count). The quantitative estimate of drug-likeness (QED) is 0.241. The summed E-state index contributed by atoms with van der Waals surface area (Å²) in [5.74, 6) is 0.818. The molecule has 0 saturated heterocycles. The van der Waals surface area contributed by atoms with E-state index in [0.29, 0.717) is 42.7 Å². The van der Waals surface area contributed by atoms with E-state index >= 15 is 0 Å². The minimum absolute atomic E-state index is 0.0835. The Kier molecular flexibility index (Phi) is 9.32. The molecular formula is C29H30ClN3O4. The van der Waals surface area contributed by atoms with Crippen molar-refractivity contribution in [1.82, 2.24) is 10.9 Å². The van der Waals surface area contributed by atoms with Gasteiger partial charge in [0.15, 0.2) is 5.54 Å². The molecule has 0 aromatic heterocycles. The van der Waals surface area contributed by atoms with Gasteiger partial charge in [-0.05, 0) is 47.5 Å². The topological polar surface area (TPSA) is 92.2 Å². The van der Waals surface area contributed by atoms with Crippen molar-refractivity contribution < 1.29 is 19.4 Å². The molecular weight excluding hydrogens is 490 g/mol. The number of nitrogens with zero attached hydrogens (tertiary/aromatic N) is 1. The number of ether oxygens (including phenoxy) is 2. The van der Waals surface area contributed by atoms with Crippen molar-refractivity contribution in [2.45, 2.75) is 24.9 Å². The Hall–Kier alpha value is -3.65. The van der Waals surface area contributed by atoms with Gasteiger partial charge >= 0.3 is 0 Å². The molecule has 1 aliphatic rings. The summed E-state index contributed by atoms with van der Waals surface area (Å²) >= 11 is 5.95. The number of aliphatic hydroxyl groups excluding tert-OH is 1. The summed E-state index contributed by atoms with van der Waals surface area (Å²) < 4.78 is 11.5. The number of carbonyl (C=O) groups excluding carboxylic acids is 1. The molecule has 0 radical (unpaired) electrons. The number of hydrogen-bond acceptors (Lipinski definition) is 6. The molecule has 1 aliphatic heterocycles. The zero-order chi connectivity index (χ0) is 25.9. The van der Waals surface area contributed by atoms with Crippen LogP contribution in [0.5, 0.6) is 5.75 Å². The molecule has 0 aliphatic carbocycles. The summed E-state index contributed by atoms with van der Waals surface area (Å²) in [5.41, 5.74) is 7.45. The fourth-order valence-corrected chi connectivity index (χ4v) is 3.88. The molecule has 37 heavy (non-hydrogen) atoms. The lowest BCUT2D eigenvalue weighted by molar-refractivity contribution is -0.127. The van der Waals surface area contributed by atoms with Crippen LogP contribution in [-0.2, 0) is 16.1 Å². The summed E-state index contributed by atoms with van der Waals surface area (Å²) in [4.78, 5) is 18.1. The highest BCUT2D eigenvalue weighted by Gasteiger charge is 2.43. The number of aliphatic imine (C=N–C) groups is 1. The lowest BCUT2D eigenvalue weighted by Crippen LogP contribution is -2.51. The van der Waals surface area contributed by atoms with E-state index in [4.69, 9.17) is 31.2 Å². The molecule has 8 heteroatoms. The average molecular weight is 520 g/mol. The second-order valence-electron chi connectivity index (χ2n) is 8.64. The number of rotatable bonds is 12. The number of halogens is 1. The molecule has 1 heterocycles. The van der Waals surface area contributed by atoms with Gasteiger partial charge in [-0.1, -0.05) is 66.2 Å². The number of benzene rings is 3. The van der Waals surface area contributed by atoms with Crippen molar-refractivity contribution in [3.05, 3.63) is 107 Å². The highest BCUT2D eigenvalue weighted by atomic mass is 35.5. The van der Waals surface area contributed by atoms with E-state index < -0.39 is 5.54 Å². The van der Waals surface area contributed by atoms with Crippen LogP contribution in [0.4, 0.5) is 0 Å². The summed E-state index contributed by atoms with van der Waals surface area (Å²) in [6, 6.07) is 24.6. The van der Waals surface area contributed by atoms with Crippen molar-refractivity contribution >= 4 is 29.5 Å². The standard InChI is InChI=1S/C29H30ClN3O4/c30-25-13-9-23(10-14-25)20-31-33-28(35)29(17-4-8-22-6-2-1-3-7-22)21-37-27(32-29)24-11-15-26(16-12-24)36-19-5-18-34/h1-4,6-16,31,34H,5,17-21H2,(H,33,35)/b8-4+/t29-/m0/s1. The van der Waals surface area contributed by atoms with Gasteiger partial charge in [-0.15, -0.1) is 0 Å². The molecule has 0 bridgehead atoms. The van der Waals surface area contributed by atoms with Gasteiger partial charge in [0.05, 0.1) is 6.61 Å². The van der Waals surface area contributed by atoms with Crippen molar-refractivity contribution in [2.24, 2.45) is 4.99 Å².